The minimum Gasteiger partial charge on any atom is -0.460 e. The first-order valence-corrected chi connectivity index (χ1v) is 9.54. The second-order valence-corrected chi connectivity index (χ2v) is 7.40. The van der Waals surface area contributed by atoms with Gasteiger partial charge in [0.2, 0.25) is 0 Å². The predicted octanol–water partition coefficient (Wildman–Crippen LogP) is 4.15. The molecule has 0 spiro atoms. The Bertz CT molecular complexity index is 844. The third kappa shape index (κ3) is 4.05. The van der Waals surface area contributed by atoms with Gasteiger partial charge < -0.3 is 14.8 Å². The third-order valence-corrected chi connectivity index (χ3v) is 5.35. The van der Waals surface area contributed by atoms with Crippen LogP contribution in [0.1, 0.15) is 37.7 Å². The molecule has 0 radical (unpaired) electrons. The summed E-state index contributed by atoms with van der Waals surface area (Å²) in [5.74, 6) is -1.04. The van der Waals surface area contributed by atoms with Gasteiger partial charge in [0.1, 0.15) is 6.61 Å². The molecular weight excluding hydrogens is 389 g/mol. The van der Waals surface area contributed by atoms with Crippen LogP contribution in [0.4, 0.5) is 0 Å². The summed E-state index contributed by atoms with van der Waals surface area (Å²) in [6.07, 6.45) is 1.99. The predicted molar refractivity (Wildman–Crippen MR) is 104 cm³/mol. The lowest BCUT2D eigenvalue weighted by atomic mass is 9.75. The SMILES string of the molecule is COCCOC(=O)C1=C(C)NC2=C(C(=O)CCC2)[C@@H]1c1ccc(Cl)cc1Cl. The average molecular weight is 410 g/mol. The first-order chi connectivity index (χ1) is 12.9. The Hall–Kier alpha value is -1.82. The number of dihydropyridines is 1. The van der Waals surface area contributed by atoms with Crippen molar-refractivity contribution in [3.63, 3.8) is 0 Å². The van der Waals surface area contributed by atoms with E-state index in [0.717, 1.165) is 18.5 Å². The summed E-state index contributed by atoms with van der Waals surface area (Å²) in [6.45, 7) is 2.24. The van der Waals surface area contributed by atoms with E-state index >= 15 is 0 Å². The number of methoxy groups -OCH3 is 1. The molecule has 1 aliphatic carbocycles. The summed E-state index contributed by atoms with van der Waals surface area (Å²) in [4.78, 5) is 25.6. The summed E-state index contributed by atoms with van der Waals surface area (Å²) < 4.78 is 10.3. The van der Waals surface area contributed by atoms with Crippen molar-refractivity contribution in [1.82, 2.24) is 5.32 Å². The fourth-order valence-electron chi connectivity index (χ4n) is 3.60. The number of halogens is 2. The molecule has 0 fully saturated rings. The van der Waals surface area contributed by atoms with Crippen LogP contribution in [0, 0.1) is 0 Å². The highest BCUT2D eigenvalue weighted by atomic mass is 35.5. The summed E-state index contributed by atoms with van der Waals surface area (Å²) in [7, 11) is 1.54. The second-order valence-electron chi connectivity index (χ2n) is 6.56. The normalized spacial score (nSPS) is 19.7. The van der Waals surface area contributed by atoms with E-state index in [4.69, 9.17) is 32.7 Å². The Balaban J connectivity index is 2.09. The Morgan fingerprint density at radius 1 is 1.26 bits per heavy atom. The first kappa shape index (κ1) is 19.9. The topological polar surface area (TPSA) is 64.6 Å². The van der Waals surface area contributed by atoms with Crippen molar-refractivity contribution in [2.45, 2.75) is 32.1 Å². The molecule has 7 heteroatoms. The molecule has 1 atom stereocenters. The van der Waals surface area contributed by atoms with Gasteiger partial charge in [0, 0.05) is 46.5 Å². The smallest absolute Gasteiger partial charge is 0.336 e. The molecule has 0 bridgehead atoms. The van der Waals surface area contributed by atoms with Crippen LogP contribution in [-0.2, 0) is 19.1 Å². The van der Waals surface area contributed by atoms with E-state index in [1.165, 1.54) is 7.11 Å². The van der Waals surface area contributed by atoms with Crippen molar-refractivity contribution in [3.05, 3.63) is 56.3 Å². The van der Waals surface area contributed by atoms with Crippen molar-refractivity contribution in [2.75, 3.05) is 20.3 Å². The fourth-order valence-corrected chi connectivity index (χ4v) is 4.11. The molecule has 1 heterocycles. The van der Waals surface area contributed by atoms with Gasteiger partial charge in [0.25, 0.3) is 0 Å². The van der Waals surface area contributed by atoms with Crippen LogP contribution in [0.25, 0.3) is 0 Å². The first-order valence-electron chi connectivity index (χ1n) is 8.79. The monoisotopic (exact) mass is 409 g/mol. The van der Waals surface area contributed by atoms with Gasteiger partial charge in [-0.2, -0.15) is 0 Å². The molecule has 1 aromatic rings. The zero-order chi connectivity index (χ0) is 19.6. The zero-order valence-electron chi connectivity index (χ0n) is 15.2. The molecule has 2 aliphatic rings. The van der Waals surface area contributed by atoms with Crippen molar-refractivity contribution in [3.8, 4) is 0 Å². The minimum absolute atomic E-state index is 0.0226. The number of esters is 1. The van der Waals surface area contributed by atoms with Gasteiger partial charge in [-0.1, -0.05) is 29.3 Å². The molecule has 1 aliphatic heterocycles. The number of allylic oxidation sites excluding steroid dienone is 3. The van der Waals surface area contributed by atoms with Crippen molar-refractivity contribution in [2.24, 2.45) is 0 Å². The summed E-state index contributed by atoms with van der Waals surface area (Å²) in [6, 6.07) is 5.10. The highest BCUT2D eigenvalue weighted by molar-refractivity contribution is 6.35. The highest BCUT2D eigenvalue weighted by Crippen LogP contribution is 2.44. The number of benzene rings is 1. The van der Waals surface area contributed by atoms with E-state index in [0.29, 0.717) is 45.5 Å². The Labute approximate surface area is 168 Å². The highest BCUT2D eigenvalue weighted by Gasteiger charge is 2.39. The third-order valence-electron chi connectivity index (χ3n) is 4.79. The van der Waals surface area contributed by atoms with E-state index in [-0.39, 0.29) is 12.4 Å². The van der Waals surface area contributed by atoms with Crippen LogP contribution >= 0.6 is 23.2 Å². The Kier molecular flexibility index (Phi) is 6.25. The van der Waals surface area contributed by atoms with E-state index in [1.807, 2.05) is 6.92 Å². The fraction of sp³-hybridized carbons (Fsp3) is 0.400. The maximum Gasteiger partial charge on any atom is 0.336 e. The summed E-state index contributed by atoms with van der Waals surface area (Å²) in [5, 5.41) is 4.14. The number of hydrogen-bond acceptors (Lipinski definition) is 5. The largest absolute Gasteiger partial charge is 0.460 e. The molecule has 0 amide bonds. The average Bonchev–Trinajstić information content (AvgIpc) is 2.61. The van der Waals surface area contributed by atoms with Gasteiger partial charge in [0.15, 0.2) is 5.78 Å². The zero-order valence-corrected chi connectivity index (χ0v) is 16.7. The number of ketones is 1. The molecule has 0 aromatic heterocycles. The number of nitrogens with one attached hydrogen (secondary N) is 1. The number of Topliss-reactive ketones (excluding diaryl/α,β-unsaturated/α-hetero) is 1. The Morgan fingerprint density at radius 2 is 2.04 bits per heavy atom. The van der Waals surface area contributed by atoms with Crippen LogP contribution < -0.4 is 5.32 Å². The summed E-state index contributed by atoms with van der Waals surface area (Å²) in [5.41, 5.74) is 3.18. The van der Waals surface area contributed by atoms with Gasteiger partial charge in [-0.15, -0.1) is 0 Å². The molecule has 144 valence electrons. The van der Waals surface area contributed by atoms with E-state index in [1.54, 1.807) is 18.2 Å². The van der Waals surface area contributed by atoms with Crippen LogP contribution in [0.15, 0.2) is 40.7 Å². The van der Waals surface area contributed by atoms with Gasteiger partial charge in [-0.05, 0) is 37.5 Å². The van der Waals surface area contributed by atoms with Gasteiger partial charge in [0.05, 0.1) is 12.2 Å². The van der Waals surface area contributed by atoms with Gasteiger partial charge >= 0.3 is 5.97 Å². The molecule has 1 N–H and O–H groups in total. The molecule has 5 nitrogen and oxygen atoms in total. The van der Waals surface area contributed by atoms with Gasteiger partial charge in [-0.25, -0.2) is 4.79 Å². The van der Waals surface area contributed by atoms with Crippen LogP contribution in [-0.4, -0.2) is 32.1 Å². The lowest BCUT2D eigenvalue weighted by Gasteiger charge is -2.34. The number of rotatable bonds is 5. The maximum absolute atomic E-state index is 12.8. The molecule has 1 aromatic carbocycles. The number of ether oxygens (including phenoxy) is 2. The van der Waals surface area contributed by atoms with E-state index in [2.05, 4.69) is 5.32 Å². The number of hydrogen-bond donors (Lipinski definition) is 1. The maximum atomic E-state index is 12.8. The van der Waals surface area contributed by atoms with E-state index in [9.17, 15) is 9.59 Å². The molecule has 0 unspecified atom stereocenters. The summed E-state index contributed by atoms with van der Waals surface area (Å²) >= 11 is 12.5. The molecule has 0 saturated heterocycles. The molecule has 3 rings (SSSR count). The molecular formula is C20H21Cl2NO4. The van der Waals surface area contributed by atoms with Crippen LogP contribution in [0.3, 0.4) is 0 Å². The van der Waals surface area contributed by atoms with Crippen LogP contribution in [0.2, 0.25) is 10.0 Å². The quantitative estimate of drug-likeness (QED) is 0.584. The standard InChI is InChI=1S/C20H21Cl2NO4/c1-11-17(20(25)27-9-8-26-2)18(13-7-6-12(21)10-14(13)22)19-15(23-11)4-3-5-16(19)24/h6-7,10,18,23H,3-5,8-9H2,1-2H3/t18-/m1/s1. The lowest BCUT2D eigenvalue weighted by molar-refractivity contribution is -0.140. The second kappa shape index (κ2) is 8.46. The van der Waals surface area contributed by atoms with Crippen molar-refractivity contribution < 1.29 is 19.1 Å². The molecule has 27 heavy (non-hydrogen) atoms. The molecule has 0 saturated carbocycles. The van der Waals surface area contributed by atoms with E-state index < -0.39 is 11.9 Å². The van der Waals surface area contributed by atoms with Gasteiger partial charge in [-0.3, -0.25) is 4.79 Å². The lowest BCUT2D eigenvalue weighted by Crippen LogP contribution is -2.34. The number of carbonyl (C=O) groups excluding carboxylic acids is 2. The van der Waals surface area contributed by atoms with Crippen LogP contribution in [0.5, 0.6) is 0 Å². The Morgan fingerprint density at radius 3 is 2.74 bits per heavy atom. The van der Waals surface area contributed by atoms with Crippen molar-refractivity contribution in [1.29, 1.82) is 0 Å². The van der Waals surface area contributed by atoms with Crippen molar-refractivity contribution >= 4 is 35.0 Å². The number of carbonyl (C=O) groups is 2. The minimum atomic E-state index is -0.575.